The summed E-state index contributed by atoms with van der Waals surface area (Å²) in [7, 11) is 0. The van der Waals surface area contributed by atoms with Gasteiger partial charge in [0.15, 0.2) is 0 Å². The molecule has 1 aromatic carbocycles. The largest absolute Gasteiger partial charge is 0.327 e. The molecule has 0 spiro atoms. The Kier molecular flexibility index (Phi) is 4.08. The Morgan fingerprint density at radius 2 is 1.44 bits per heavy atom. The number of likely N-dealkylation sites (tertiary alicyclic amines) is 1. The average molecular weight is 246 g/mol. The van der Waals surface area contributed by atoms with Gasteiger partial charge >= 0.3 is 0 Å². The van der Waals surface area contributed by atoms with Gasteiger partial charge in [0.1, 0.15) is 0 Å². The Morgan fingerprint density at radius 3 is 1.94 bits per heavy atom. The van der Waals surface area contributed by atoms with Gasteiger partial charge in [-0.25, -0.2) is 0 Å². The first-order chi connectivity index (χ1) is 8.52. The molecule has 0 bridgehead atoms. The predicted molar refractivity (Wildman–Crippen MR) is 77.2 cm³/mol. The quantitative estimate of drug-likeness (QED) is 0.869. The molecule has 0 aliphatic carbocycles. The van der Waals surface area contributed by atoms with Crippen molar-refractivity contribution in [2.75, 3.05) is 0 Å². The van der Waals surface area contributed by atoms with E-state index < -0.39 is 0 Å². The van der Waals surface area contributed by atoms with Crippen LogP contribution in [0.2, 0.25) is 0 Å². The molecule has 1 aliphatic rings. The van der Waals surface area contributed by atoms with Crippen LogP contribution in [0.15, 0.2) is 30.3 Å². The van der Waals surface area contributed by atoms with Crippen LogP contribution >= 0.6 is 0 Å². The van der Waals surface area contributed by atoms with Crippen LogP contribution in [-0.2, 0) is 6.54 Å². The van der Waals surface area contributed by atoms with Gasteiger partial charge in [-0.15, -0.1) is 0 Å². The maximum absolute atomic E-state index is 6.33. The fourth-order valence-corrected chi connectivity index (χ4v) is 3.18. The van der Waals surface area contributed by atoms with Crippen molar-refractivity contribution in [3.05, 3.63) is 35.9 Å². The third kappa shape index (κ3) is 2.45. The highest BCUT2D eigenvalue weighted by molar-refractivity contribution is 5.15. The van der Waals surface area contributed by atoms with Crippen molar-refractivity contribution < 1.29 is 0 Å². The normalized spacial score (nSPS) is 37.7. The first kappa shape index (κ1) is 13.6. The minimum Gasteiger partial charge on any atom is -0.327 e. The van der Waals surface area contributed by atoms with Gasteiger partial charge in [0.2, 0.25) is 0 Å². The van der Waals surface area contributed by atoms with E-state index in [0.29, 0.717) is 30.0 Å². The molecule has 0 aromatic heterocycles. The summed E-state index contributed by atoms with van der Waals surface area (Å²) in [4.78, 5) is 2.61. The van der Waals surface area contributed by atoms with Gasteiger partial charge in [-0.1, -0.05) is 44.2 Å². The van der Waals surface area contributed by atoms with E-state index in [0.717, 1.165) is 6.54 Å². The molecule has 2 N–H and O–H groups in total. The second-order valence-electron chi connectivity index (χ2n) is 5.93. The highest BCUT2D eigenvalue weighted by Gasteiger charge is 2.39. The molecule has 2 rings (SSSR count). The fourth-order valence-electron chi connectivity index (χ4n) is 3.18. The van der Waals surface area contributed by atoms with Crippen LogP contribution in [0.3, 0.4) is 0 Å². The minimum atomic E-state index is 0.321. The lowest BCUT2D eigenvalue weighted by molar-refractivity contribution is 0.00588. The molecule has 2 nitrogen and oxygen atoms in total. The second-order valence-corrected chi connectivity index (χ2v) is 5.93. The summed E-state index contributed by atoms with van der Waals surface area (Å²) in [5, 5.41) is 0. The summed E-state index contributed by atoms with van der Waals surface area (Å²) < 4.78 is 0. The minimum absolute atomic E-state index is 0.321. The zero-order valence-electron chi connectivity index (χ0n) is 12.0. The lowest BCUT2D eigenvalue weighted by Gasteiger charge is -2.49. The Labute approximate surface area is 111 Å². The maximum atomic E-state index is 6.33. The number of piperidine rings is 1. The highest BCUT2D eigenvalue weighted by Crippen LogP contribution is 2.32. The van der Waals surface area contributed by atoms with Gasteiger partial charge in [-0.2, -0.15) is 0 Å². The second kappa shape index (κ2) is 5.41. The fraction of sp³-hybridized carbons (Fsp3) is 0.625. The summed E-state index contributed by atoms with van der Waals surface area (Å²) in [6.45, 7) is 10.2. The van der Waals surface area contributed by atoms with Gasteiger partial charge in [0.05, 0.1) is 0 Å². The van der Waals surface area contributed by atoms with Crippen molar-refractivity contribution in [1.82, 2.24) is 4.90 Å². The molecule has 0 radical (unpaired) electrons. The molecule has 18 heavy (non-hydrogen) atoms. The van der Waals surface area contributed by atoms with Crippen molar-refractivity contribution in [2.45, 2.75) is 52.4 Å². The van der Waals surface area contributed by atoms with E-state index in [2.05, 4.69) is 62.9 Å². The third-order valence-electron chi connectivity index (χ3n) is 4.99. The van der Waals surface area contributed by atoms with Gasteiger partial charge in [0, 0.05) is 24.7 Å². The predicted octanol–water partition coefficient (Wildman–Crippen LogP) is 2.88. The standard InChI is InChI=1S/C16H26N2/c1-11-13(3)18(14(4)12(2)16(11)17)10-15-8-6-5-7-9-15/h5-9,11-14,16H,10,17H2,1-4H3/t11-,12+,13-,14-,16?/m1/s1. The van der Waals surface area contributed by atoms with E-state index in [1.54, 1.807) is 0 Å². The first-order valence-corrected chi connectivity index (χ1v) is 7.07. The maximum Gasteiger partial charge on any atom is 0.0239 e. The van der Waals surface area contributed by atoms with Crippen molar-refractivity contribution in [3.63, 3.8) is 0 Å². The van der Waals surface area contributed by atoms with Crippen LogP contribution < -0.4 is 5.73 Å². The monoisotopic (exact) mass is 246 g/mol. The van der Waals surface area contributed by atoms with Crippen LogP contribution in [0.25, 0.3) is 0 Å². The molecule has 1 fully saturated rings. The third-order valence-corrected chi connectivity index (χ3v) is 4.99. The Bertz CT molecular complexity index is 360. The number of benzene rings is 1. The lowest BCUT2D eigenvalue weighted by Crippen LogP contribution is -2.59. The van der Waals surface area contributed by atoms with Crippen LogP contribution in [0.5, 0.6) is 0 Å². The summed E-state index contributed by atoms with van der Waals surface area (Å²) in [5.74, 6) is 1.11. The average Bonchev–Trinajstić information content (AvgIpc) is 2.40. The van der Waals surface area contributed by atoms with E-state index in [-0.39, 0.29) is 0 Å². The zero-order valence-corrected chi connectivity index (χ0v) is 12.0. The van der Waals surface area contributed by atoms with E-state index in [1.165, 1.54) is 5.56 Å². The molecule has 1 unspecified atom stereocenters. The van der Waals surface area contributed by atoms with E-state index >= 15 is 0 Å². The molecule has 0 amide bonds. The van der Waals surface area contributed by atoms with Crippen LogP contribution in [0.1, 0.15) is 33.3 Å². The van der Waals surface area contributed by atoms with Crippen molar-refractivity contribution in [2.24, 2.45) is 17.6 Å². The summed E-state index contributed by atoms with van der Waals surface area (Å²) >= 11 is 0. The molecule has 1 aromatic rings. The van der Waals surface area contributed by atoms with Crippen molar-refractivity contribution in [3.8, 4) is 0 Å². The van der Waals surface area contributed by atoms with Crippen LogP contribution in [0, 0.1) is 11.8 Å². The van der Waals surface area contributed by atoms with Crippen LogP contribution in [-0.4, -0.2) is 23.0 Å². The molecule has 5 atom stereocenters. The topological polar surface area (TPSA) is 29.3 Å². The van der Waals surface area contributed by atoms with Gasteiger partial charge in [-0.3, -0.25) is 4.90 Å². The molecule has 100 valence electrons. The molecule has 1 saturated heterocycles. The van der Waals surface area contributed by atoms with Crippen LogP contribution in [0.4, 0.5) is 0 Å². The summed E-state index contributed by atoms with van der Waals surface area (Å²) in [5.41, 5.74) is 7.73. The lowest BCUT2D eigenvalue weighted by atomic mass is 9.77. The molecular weight excluding hydrogens is 220 g/mol. The van der Waals surface area contributed by atoms with E-state index in [4.69, 9.17) is 5.73 Å². The number of hydrogen-bond acceptors (Lipinski definition) is 2. The summed E-state index contributed by atoms with van der Waals surface area (Å²) in [6, 6.07) is 12.2. The molecule has 2 heteroatoms. The molecule has 0 saturated carbocycles. The van der Waals surface area contributed by atoms with Gasteiger partial charge < -0.3 is 5.73 Å². The van der Waals surface area contributed by atoms with Gasteiger partial charge in [-0.05, 0) is 31.2 Å². The first-order valence-electron chi connectivity index (χ1n) is 7.07. The van der Waals surface area contributed by atoms with Crippen molar-refractivity contribution >= 4 is 0 Å². The molecule has 1 heterocycles. The van der Waals surface area contributed by atoms with Gasteiger partial charge in [0.25, 0.3) is 0 Å². The SMILES string of the molecule is C[C@@H]1C(N)[C@H](C)[C@@H](C)N(Cc2ccccc2)[C@@H]1C. The Morgan fingerprint density at radius 1 is 0.944 bits per heavy atom. The Balaban J connectivity index is 2.16. The molecule has 1 aliphatic heterocycles. The highest BCUT2D eigenvalue weighted by atomic mass is 15.2. The Hall–Kier alpha value is -0.860. The number of nitrogens with two attached hydrogens (primary N) is 1. The smallest absolute Gasteiger partial charge is 0.0239 e. The number of nitrogens with zero attached hydrogens (tertiary/aromatic N) is 1. The van der Waals surface area contributed by atoms with E-state index in [9.17, 15) is 0 Å². The molecular formula is C16H26N2. The summed E-state index contributed by atoms with van der Waals surface area (Å²) in [6.07, 6.45) is 0. The number of rotatable bonds is 2. The zero-order chi connectivity index (χ0) is 13.3. The van der Waals surface area contributed by atoms with Crippen molar-refractivity contribution in [1.29, 1.82) is 0 Å². The van der Waals surface area contributed by atoms with E-state index in [1.807, 2.05) is 0 Å². The number of hydrogen-bond donors (Lipinski definition) is 1.